The lowest BCUT2D eigenvalue weighted by atomic mass is 10.0. The Morgan fingerprint density at radius 3 is 2.08 bits per heavy atom. The molecule has 1 fully saturated rings. The number of carboxylic acids is 1. The molecule has 0 bridgehead atoms. The van der Waals surface area contributed by atoms with Crippen LogP contribution in [0.4, 0.5) is 13.2 Å². The molecule has 1 amide bonds. The van der Waals surface area contributed by atoms with Gasteiger partial charge in [-0.3, -0.25) is 4.79 Å². The summed E-state index contributed by atoms with van der Waals surface area (Å²) in [6.45, 7) is 12.0. The molecular weight excluding hydrogens is 515 g/mol. The van der Waals surface area contributed by atoms with Crippen LogP contribution in [0.5, 0.6) is 0 Å². The van der Waals surface area contributed by atoms with E-state index in [-0.39, 0.29) is 29.9 Å². The first-order valence-corrected chi connectivity index (χ1v) is 13.6. The molecule has 37 heavy (non-hydrogen) atoms. The van der Waals surface area contributed by atoms with Crippen LogP contribution >= 0.6 is 0 Å². The molecule has 1 saturated heterocycles. The number of ether oxygens (including phenoxy) is 1. The molecule has 0 atom stereocenters. The van der Waals surface area contributed by atoms with E-state index in [9.17, 15) is 26.4 Å². The van der Waals surface area contributed by atoms with Crippen molar-refractivity contribution < 1.29 is 41.0 Å². The third kappa shape index (κ3) is 11.8. The molecule has 2 rings (SSSR count). The number of rotatable bonds is 11. The highest BCUT2D eigenvalue weighted by atomic mass is 32.2. The molecule has 0 aromatic heterocycles. The molecule has 212 valence electrons. The van der Waals surface area contributed by atoms with Crippen molar-refractivity contribution in [3.63, 3.8) is 0 Å². The first-order valence-electron chi connectivity index (χ1n) is 12.2. The highest BCUT2D eigenvalue weighted by Crippen LogP contribution is 2.21. The van der Waals surface area contributed by atoms with Crippen molar-refractivity contribution in [2.45, 2.75) is 63.6 Å². The summed E-state index contributed by atoms with van der Waals surface area (Å²) in [6.07, 6.45) is -4.20. The number of amides is 1. The zero-order valence-electron chi connectivity index (χ0n) is 21.8. The van der Waals surface area contributed by atoms with Gasteiger partial charge >= 0.3 is 12.1 Å². The van der Waals surface area contributed by atoms with Gasteiger partial charge in [0, 0.05) is 52.3 Å². The summed E-state index contributed by atoms with van der Waals surface area (Å²) < 4.78 is 65.3. The number of aliphatic carboxylic acids is 1. The highest BCUT2D eigenvalue weighted by Gasteiger charge is 2.38. The lowest BCUT2D eigenvalue weighted by molar-refractivity contribution is -0.192. The van der Waals surface area contributed by atoms with Gasteiger partial charge in [0.2, 0.25) is 15.9 Å². The molecule has 1 aliphatic rings. The summed E-state index contributed by atoms with van der Waals surface area (Å²) in [5.41, 5.74) is 1.10. The smallest absolute Gasteiger partial charge is 0.475 e. The fourth-order valence-electron chi connectivity index (χ4n) is 3.38. The Balaban J connectivity index is 0.000000856. The van der Waals surface area contributed by atoms with Gasteiger partial charge in [-0.1, -0.05) is 26.0 Å². The zero-order valence-corrected chi connectivity index (χ0v) is 22.6. The van der Waals surface area contributed by atoms with Crippen molar-refractivity contribution in [2.75, 3.05) is 45.9 Å². The van der Waals surface area contributed by atoms with E-state index in [1.165, 1.54) is 4.31 Å². The minimum Gasteiger partial charge on any atom is -0.475 e. The largest absolute Gasteiger partial charge is 0.490 e. The number of hydrogen-bond donors (Lipinski definition) is 2. The first-order chi connectivity index (χ1) is 17.2. The maximum atomic E-state index is 13.3. The van der Waals surface area contributed by atoms with E-state index in [0.717, 1.165) is 18.7 Å². The van der Waals surface area contributed by atoms with Crippen LogP contribution < -0.4 is 5.32 Å². The molecule has 0 radical (unpaired) electrons. The quantitative estimate of drug-likeness (QED) is 0.405. The summed E-state index contributed by atoms with van der Waals surface area (Å²) in [5.74, 6) is -2.42. The van der Waals surface area contributed by atoms with Gasteiger partial charge < -0.3 is 20.1 Å². The van der Waals surface area contributed by atoms with Gasteiger partial charge in [-0.05, 0) is 43.9 Å². The van der Waals surface area contributed by atoms with Crippen molar-refractivity contribution in [3.05, 3.63) is 29.8 Å². The Kier molecular flexibility index (Phi) is 13.5. The topological polar surface area (TPSA) is 116 Å². The molecular formula is C24H38F3N3O6S. The summed E-state index contributed by atoms with van der Waals surface area (Å²) in [6, 6.07) is 7.06. The monoisotopic (exact) mass is 553 g/mol. The van der Waals surface area contributed by atoms with Gasteiger partial charge in [0.25, 0.3) is 0 Å². The SMILES string of the molecule is CC(C)OCCCN(CCC(=O)N1CCNCC1)S(=O)(=O)c1ccc(C(C)C)cc1.O=C(O)C(F)(F)F. The standard InChI is InChI=1S/C22H37N3O4S.C2HF3O2/c1-18(2)20-6-8-21(9-7-20)30(27,28)25(13-5-17-29-19(3)4)14-10-22(26)24-15-11-23-12-16-24;3-2(4,5)1(6)7/h6-9,18-19,23H,5,10-17H2,1-4H3;(H,6,7). The lowest BCUT2D eigenvalue weighted by Gasteiger charge is -2.29. The molecule has 2 N–H and O–H groups in total. The van der Waals surface area contributed by atoms with Crippen molar-refractivity contribution >= 4 is 21.9 Å². The number of carbonyl (C=O) groups is 2. The number of nitrogens with one attached hydrogen (secondary N) is 1. The van der Waals surface area contributed by atoms with Gasteiger partial charge in [0.1, 0.15) is 0 Å². The van der Waals surface area contributed by atoms with Crippen LogP contribution in [0.1, 0.15) is 52.0 Å². The highest BCUT2D eigenvalue weighted by molar-refractivity contribution is 7.89. The van der Waals surface area contributed by atoms with Crippen LogP contribution in [0.3, 0.4) is 0 Å². The number of piperazine rings is 1. The van der Waals surface area contributed by atoms with E-state index in [1.54, 1.807) is 17.0 Å². The third-order valence-corrected chi connectivity index (χ3v) is 7.39. The number of carbonyl (C=O) groups excluding carboxylic acids is 1. The average molecular weight is 554 g/mol. The van der Waals surface area contributed by atoms with Crippen molar-refractivity contribution in [2.24, 2.45) is 0 Å². The van der Waals surface area contributed by atoms with Gasteiger partial charge in [-0.15, -0.1) is 0 Å². The minimum atomic E-state index is -5.08. The van der Waals surface area contributed by atoms with E-state index < -0.39 is 22.2 Å². The van der Waals surface area contributed by atoms with Crippen LogP contribution in [0.15, 0.2) is 29.2 Å². The molecule has 1 aliphatic heterocycles. The maximum Gasteiger partial charge on any atom is 0.490 e. The Morgan fingerprint density at radius 2 is 1.62 bits per heavy atom. The molecule has 1 aromatic carbocycles. The van der Waals surface area contributed by atoms with Crippen LogP contribution in [0.25, 0.3) is 0 Å². The van der Waals surface area contributed by atoms with Crippen LogP contribution in [-0.2, 0) is 24.3 Å². The fourth-order valence-corrected chi connectivity index (χ4v) is 4.86. The molecule has 9 nitrogen and oxygen atoms in total. The number of benzene rings is 1. The zero-order chi connectivity index (χ0) is 28.2. The van der Waals surface area contributed by atoms with Crippen LogP contribution in [0.2, 0.25) is 0 Å². The van der Waals surface area contributed by atoms with E-state index in [2.05, 4.69) is 19.2 Å². The second kappa shape index (κ2) is 15.3. The average Bonchev–Trinajstić information content (AvgIpc) is 2.83. The number of nitrogens with zero attached hydrogens (tertiary/aromatic N) is 2. The predicted molar refractivity (Wildman–Crippen MR) is 133 cm³/mol. The third-order valence-electron chi connectivity index (χ3n) is 5.47. The summed E-state index contributed by atoms with van der Waals surface area (Å²) >= 11 is 0. The van der Waals surface area contributed by atoms with Gasteiger partial charge in [0.15, 0.2) is 0 Å². The van der Waals surface area contributed by atoms with Crippen LogP contribution in [0, 0.1) is 0 Å². The van der Waals surface area contributed by atoms with E-state index in [0.29, 0.717) is 38.6 Å². The number of alkyl halides is 3. The van der Waals surface area contributed by atoms with Gasteiger partial charge in [-0.25, -0.2) is 13.2 Å². The molecule has 0 spiro atoms. The normalized spacial score (nSPS) is 14.6. The molecule has 1 heterocycles. The Bertz CT molecular complexity index is 947. The second-order valence-electron chi connectivity index (χ2n) is 9.08. The Hall–Kier alpha value is -2.22. The van der Waals surface area contributed by atoms with Gasteiger partial charge in [-0.2, -0.15) is 17.5 Å². The second-order valence-corrected chi connectivity index (χ2v) is 11.0. The van der Waals surface area contributed by atoms with Crippen LogP contribution in [-0.4, -0.2) is 92.8 Å². The summed E-state index contributed by atoms with van der Waals surface area (Å²) in [5, 5.41) is 10.3. The lowest BCUT2D eigenvalue weighted by Crippen LogP contribution is -2.47. The summed E-state index contributed by atoms with van der Waals surface area (Å²) in [4.78, 5) is 23.5. The molecule has 13 heteroatoms. The van der Waals surface area contributed by atoms with E-state index >= 15 is 0 Å². The van der Waals surface area contributed by atoms with Gasteiger partial charge in [0.05, 0.1) is 11.0 Å². The molecule has 1 aromatic rings. The molecule has 0 saturated carbocycles. The number of sulfonamides is 1. The Morgan fingerprint density at radius 1 is 1.08 bits per heavy atom. The summed E-state index contributed by atoms with van der Waals surface area (Å²) in [7, 11) is -3.68. The Labute approximate surface area is 217 Å². The van der Waals surface area contributed by atoms with Crippen molar-refractivity contribution in [3.8, 4) is 0 Å². The van der Waals surface area contributed by atoms with E-state index in [1.807, 2.05) is 26.0 Å². The predicted octanol–water partition coefficient (Wildman–Crippen LogP) is 3.07. The minimum absolute atomic E-state index is 0.00489. The fraction of sp³-hybridized carbons (Fsp3) is 0.667. The number of carboxylic acid groups (broad SMARTS) is 1. The maximum absolute atomic E-state index is 13.3. The first kappa shape index (κ1) is 32.8. The van der Waals surface area contributed by atoms with Crippen molar-refractivity contribution in [1.29, 1.82) is 0 Å². The van der Waals surface area contributed by atoms with Crippen molar-refractivity contribution in [1.82, 2.24) is 14.5 Å². The number of halogens is 3. The molecule has 0 aliphatic carbocycles. The number of hydrogen-bond acceptors (Lipinski definition) is 6. The van der Waals surface area contributed by atoms with E-state index in [4.69, 9.17) is 14.6 Å². The molecule has 0 unspecified atom stereocenters.